The molecule has 0 bridgehead atoms. The molecule has 0 fully saturated rings. The molecule has 3 aromatic carbocycles. The molecule has 0 radical (unpaired) electrons. The number of carbonyl (C=O) groups is 1. The van der Waals surface area contributed by atoms with Crippen molar-refractivity contribution >= 4 is 37.2 Å². The Balaban J connectivity index is 1.79. The highest BCUT2D eigenvalue weighted by molar-refractivity contribution is 7.90. The largest absolute Gasteiger partial charge is 0.503 e. The van der Waals surface area contributed by atoms with Gasteiger partial charge in [0.25, 0.3) is 0 Å². The maximum atomic E-state index is 13.4. The van der Waals surface area contributed by atoms with Crippen LogP contribution in [0.4, 0.5) is 0 Å². The number of nitrogens with zero attached hydrogens (tertiary/aromatic N) is 2. The van der Waals surface area contributed by atoms with E-state index in [2.05, 4.69) is 4.98 Å². The number of aromatic hydroxyl groups is 2. The predicted octanol–water partition coefficient (Wildman–Crippen LogP) is 4.80. The van der Waals surface area contributed by atoms with Crippen molar-refractivity contribution in [3.63, 3.8) is 0 Å². The summed E-state index contributed by atoms with van der Waals surface area (Å²) in [5.74, 6) is -1.53. The van der Waals surface area contributed by atoms with E-state index in [0.29, 0.717) is 21.3 Å². The van der Waals surface area contributed by atoms with Gasteiger partial charge < -0.3 is 10.2 Å². The lowest BCUT2D eigenvalue weighted by molar-refractivity contribution is 0.103. The summed E-state index contributed by atoms with van der Waals surface area (Å²) in [6, 6.07) is 22.0. The molecule has 0 atom stereocenters. The van der Waals surface area contributed by atoms with Crippen LogP contribution in [-0.4, -0.2) is 40.2 Å². The fourth-order valence-corrected chi connectivity index (χ4v) is 5.51. The molecule has 5 aromatic rings. The summed E-state index contributed by atoms with van der Waals surface area (Å²) in [7, 11) is -3.42. The van der Waals surface area contributed by atoms with Gasteiger partial charge in [-0.1, -0.05) is 72.0 Å². The maximum absolute atomic E-state index is 13.4. The number of ketones is 1. The van der Waals surface area contributed by atoms with Crippen LogP contribution < -0.4 is 0 Å². The van der Waals surface area contributed by atoms with Gasteiger partial charge in [-0.2, -0.15) is 0 Å². The van der Waals surface area contributed by atoms with E-state index < -0.39 is 27.2 Å². The number of fused-ring (bicyclic) bond motifs is 1. The first-order valence-electron chi connectivity index (χ1n) is 10.2. The minimum absolute atomic E-state index is 0.0500. The molecule has 0 saturated carbocycles. The molecule has 34 heavy (non-hydrogen) atoms. The third-order valence-corrected chi connectivity index (χ3v) is 7.51. The van der Waals surface area contributed by atoms with Gasteiger partial charge in [0.2, 0.25) is 5.88 Å². The minimum atomic E-state index is -3.42. The lowest BCUT2D eigenvalue weighted by Gasteiger charge is -2.09. The summed E-state index contributed by atoms with van der Waals surface area (Å²) in [6.45, 7) is 0. The van der Waals surface area contributed by atoms with E-state index in [9.17, 15) is 23.4 Å². The summed E-state index contributed by atoms with van der Waals surface area (Å²) in [4.78, 5) is 18.1. The van der Waals surface area contributed by atoms with E-state index in [1.165, 1.54) is 16.7 Å². The van der Waals surface area contributed by atoms with Gasteiger partial charge in [-0.3, -0.25) is 9.36 Å². The zero-order chi connectivity index (χ0) is 24.0. The fraction of sp³-hybridized carbons (Fsp3) is 0.0400. The summed E-state index contributed by atoms with van der Waals surface area (Å²) in [6.07, 6.45) is 1.13. The second kappa shape index (κ2) is 8.12. The Labute approximate surface area is 199 Å². The van der Waals surface area contributed by atoms with E-state index in [-0.39, 0.29) is 21.3 Å². The van der Waals surface area contributed by atoms with Gasteiger partial charge in [-0.25, -0.2) is 13.4 Å². The number of thiazole rings is 1. The topological polar surface area (TPSA) is 109 Å². The van der Waals surface area contributed by atoms with Crippen LogP contribution in [0.5, 0.6) is 11.6 Å². The van der Waals surface area contributed by atoms with E-state index in [1.54, 1.807) is 60.7 Å². The maximum Gasteiger partial charge on any atom is 0.242 e. The number of benzene rings is 3. The molecule has 0 saturated heterocycles. The second-order valence-corrected chi connectivity index (χ2v) is 10.7. The number of hydrogen-bond acceptors (Lipinski definition) is 7. The van der Waals surface area contributed by atoms with Gasteiger partial charge in [-0.15, -0.1) is 0 Å². The zero-order valence-electron chi connectivity index (χ0n) is 17.8. The minimum Gasteiger partial charge on any atom is -0.503 e. The first kappa shape index (κ1) is 21.9. The van der Waals surface area contributed by atoms with Gasteiger partial charge in [0, 0.05) is 11.8 Å². The number of sulfone groups is 1. The molecular formula is C25H18N2O5S2. The van der Waals surface area contributed by atoms with Crippen molar-refractivity contribution in [1.82, 2.24) is 9.55 Å². The van der Waals surface area contributed by atoms with Crippen molar-refractivity contribution < 1.29 is 23.4 Å². The lowest BCUT2D eigenvalue weighted by Crippen LogP contribution is -2.04. The molecule has 9 heteroatoms. The third kappa shape index (κ3) is 3.64. The third-order valence-electron chi connectivity index (χ3n) is 5.40. The Bertz CT molecular complexity index is 1650. The molecule has 7 nitrogen and oxygen atoms in total. The van der Waals surface area contributed by atoms with Crippen LogP contribution in [0.1, 0.15) is 15.9 Å². The Morgan fingerprint density at radius 2 is 1.59 bits per heavy atom. The molecule has 0 unspecified atom stereocenters. The molecule has 0 aliphatic rings. The molecule has 170 valence electrons. The van der Waals surface area contributed by atoms with Crippen LogP contribution in [0.25, 0.3) is 26.6 Å². The number of hydrogen-bond donors (Lipinski definition) is 2. The smallest absolute Gasteiger partial charge is 0.242 e. The Hall–Kier alpha value is -3.95. The van der Waals surface area contributed by atoms with E-state index in [4.69, 9.17) is 0 Å². The van der Waals surface area contributed by atoms with Crippen LogP contribution in [0, 0.1) is 0 Å². The number of aromatic nitrogens is 2. The highest BCUT2D eigenvalue weighted by atomic mass is 32.2. The van der Waals surface area contributed by atoms with Gasteiger partial charge in [0.15, 0.2) is 26.5 Å². The quantitative estimate of drug-likeness (QED) is 0.343. The summed E-state index contributed by atoms with van der Waals surface area (Å²) in [5.41, 5.74) is 1.70. The Kier molecular flexibility index (Phi) is 5.22. The SMILES string of the molecule is CS(=O)(=O)c1ccc2nc(-n3c(O)c(O)c(C(=O)c4ccccc4)c3-c3ccccc3)sc2c1. The summed E-state index contributed by atoms with van der Waals surface area (Å²) in [5, 5.41) is 22.1. The average molecular weight is 491 g/mol. The zero-order valence-corrected chi connectivity index (χ0v) is 19.5. The van der Waals surface area contributed by atoms with Gasteiger partial charge >= 0.3 is 0 Å². The Morgan fingerprint density at radius 1 is 0.941 bits per heavy atom. The lowest BCUT2D eigenvalue weighted by atomic mass is 9.99. The molecule has 2 heterocycles. The van der Waals surface area contributed by atoms with E-state index in [1.807, 2.05) is 6.07 Å². The fourth-order valence-electron chi connectivity index (χ4n) is 3.77. The van der Waals surface area contributed by atoms with Crippen LogP contribution in [-0.2, 0) is 9.84 Å². The average Bonchev–Trinajstić information content (AvgIpc) is 3.37. The summed E-state index contributed by atoms with van der Waals surface area (Å²) >= 11 is 1.14. The molecule has 2 N–H and O–H groups in total. The van der Waals surface area contributed by atoms with Crippen molar-refractivity contribution in [3.8, 4) is 28.0 Å². The van der Waals surface area contributed by atoms with Crippen LogP contribution >= 0.6 is 11.3 Å². The monoisotopic (exact) mass is 490 g/mol. The first-order chi connectivity index (χ1) is 16.3. The van der Waals surface area contributed by atoms with Crippen molar-refractivity contribution in [1.29, 1.82) is 0 Å². The predicted molar refractivity (Wildman–Crippen MR) is 131 cm³/mol. The molecule has 0 aliphatic carbocycles. The molecule has 2 aromatic heterocycles. The van der Waals surface area contributed by atoms with Gasteiger partial charge in [0.1, 0.15) is 0 Å². The van der Waals surface area contributed by atoms with E-state index >= 15 is 0 Å². The first-order valence-corrected chi connectivity index (χ1v) is 12.9. The number of carbonyl (C=O) groups excluding carboxylic acids is 1. The van der Waals surface area contributed by atoms with Crippen molar-refractivity contribution in [2.24, 2.45) is 0 Å². The standard InChI is InChI=1S/C25H18N2O5S2/c1-34(31,32)17-12-13-18-19(14-17)33-25(26-18)27-21(15-8-4-2-5-9-15)20(23(29)24(27)30)22(28)16-10-6-3-7-11-16/h2-14,29-30H,1H3. The Morgan fingerprint density at radius 3 is 2.24 bits per heavy atom. The van der Waals surface area contributed by atoms with Crippen LogP contribution in [0.3, 0.4) is 0 Å². The molecular weight excluding hydrogens is 472 g/mol. The normalized spacial score (nSPS) is 11.7. The second-order valence-electron chi connectivity index (χ2n) is 7.69. The highest BCUT2D eigenvalue weighted by Gasteiger charge is 2.31. The van der Waals surface area contributed by atoms with Crippen molar-refractivity contribution in [2.45, 2.75) is 4.90 Å². The van der Waals surface area contributed by atoms with Gasteiger partial charge in [0.05, 0.1) is 26.4 Å². The molecule has 0 aliphatic heterocycles. The van der Waals surface area contributed by atoms with Crippen molar-refractivity contribution in [3.05, 3.63) is 90.0 Å². The van der Waals surface area contributed by atoms with Crippen molar-refractivity contribution in [2.75, 3.05) is 6.26 Å². The van der Waals surface area contributed by atoms with Crippen LogP contribution in [0.2, 0.25) is 0 Å². The molecule has 5 rings (SSSR count). The van der Waals surface area contributed by atoms with Gasteiger partial charge in [-0.05, 0) is 23.8 Å². The van der Waals surface area contributed by atoms with E-state index in [0.717, 1.165) is 17.6 Å². The molecule has 0 amide bonds. The molecule has 0 spiro atoms. The summed E-state index contributed by atoms with van der Waals surface area (Å²) < 4.78 is 25.9. The van der Waals surface area contributed by atoms with Crippen LogP contribution in [0.15, 0.2) is 83.8 Å². The highest BCUT2D eigenvalue weighted by Crippen LogP contribution is 2.45. The number of rotatable bonds is 5.